The molecule has 2 heterocycles. The van der Waals surface area contributed by atoms with Crippen LogP contribution in [0, 0.1) is 0 Å². The van der Waals surface area contributed by atoms with Gasteiger partial charge in [-0.15, -0.1) is 0 Å². The van der Waals surface area contributed by atoms with Gasteiger partial charge in [0.1, 0.15) is 0 Å². The summed E-state index contributed by atoms with van der Waals surface area (Å²) in [4.78, 5) is 14.8. The molecule has 0 aliphatic carbocycles. The van der Waals surface area contributed by atoms with Crippen LogP contribution in [0.1, 0.15) is 30.0 Å². The van der Waals surface area contributed by atoms with E-state index in [1.165, 1.54) is 5.56 Å². The average molecular weight is 334 g/mol. The van der Waals surface area contributed by atoms with Crippen molar-refractivity contribution in [1.29, 1.82) is 0 Å². The van der Waals surface area contributed by atoms with Crippen molar-refractivity contribution in [1.82, 2.24) is 9.47 Å². The molecule has 3 aromatic rings. The topological polar surface area (TPSA) is 38.4 Å². The number of benzene rings is 2. The highest BCUT2D eigenvalue weighted by Crippen LogP contribution is 2.25. The molecule has 2 aromatic carbocycles. The Morgan fingerprint density at radius 3 is 2.76 bits per heavy atom. The maximum absolute atomic E-state index is 12.3. The third kappa shape index (κ3) is 3.17. The van der Waals surface area contributed by atoms with Crippen LogP contribution in [-0.4, -0.2) is 22.6 Å². The lowest BCUT2D eigenvalue weighted by molar-refractivity contribution is 0.168. The van der Waals surface area contributed by atoms with Gasteiger partial charge in [0.2, 0.25) is 0 Å². The van der Waals surface area contributed by atoms with Gasteiger partial charge in [-0.1, -0.05) is 49.1 Å². The van der Waals surface area contributed by atoms with Gasteiger partial charge in [-0.25, -0.2) is 4.79 Å². The molecular formula is C21H22N2O2. The molecule has 4 nitrogen and oxygen atoms in total. The summed E-state index contributed by atoms with van der Waals surface area (Å²) < 4.78 is 7.25. The quantitative estimate of drug-likeness (QED) is 0.722. The molecule has 1 aliphatic heterocycles. The third-order valence-electron chi connectivity index (χ3n) is 4.99. The Bertz CT molecular complexity index is 936. The van der Waals surface area contributed by atoms with Crippen molar-refractivity contribution in [2.45, 2.75) is 25.4 Å². The first-order valence-electron chi connectivity index (χ1n) is 8.78. The maximum atomic E-state index is 12.3. The second kappa shape index (κ2) is 6.73. The molecule has 4 heteroatoms. The lowest BCUT2D eigenvalue weighted by atomic mass is 10.0. The highest BCUT2D eigenvalue weighted by molar-refractivity contribution is 5.72. The Kier molecular flexibility index (Phi) is 4.28. The van der Waals surface area contributed by atoms with Gasteiger partial charge < -0.3 is 4.42 Å². The predicted molar refractivity (Wildman–Crippen MR) is 101 cm³/mol. The predicted octanol–water partition coefficient (Wildman–Crippen LogP) is 4.07. The van der Waals surface area contributed by atoms with Gasteiger partial charge in [0.05, 0.1) is 11.6 Å². The van der Waals surface area contributed by atoms with Crippen LogP contribution < -0.4 is 5.76 Å². The maximum Gasteiger partial charge on any atom is 0.420 e. The van der Waals surface area contributed by atoms with Crippen LogP contribution in [0.15, 0.2) is 64.3 Å². The minimum atomic E-state index is -0.247. The smallest absolute Gasteiger partial charge is 0.408 e. The van der Waals surface area contributed by atoms with Crippen molar-refractivity contribution in [3.05, 3.63) is 76.8 Å². The number of hydrogen-bond acceptors (Lipinski definition) is 3. The molecule has 0 bridgehead atoms. The number of aromatic nitrogens is 1. The number of piperidine rings is 1. The summed E-state index contributed by atoms with van der Waals surface area (Å²) in [7, 11) is 0. The highest BCUT2D eigenvalue weighted by Gasteiger charge is 2.25. The van der Waals surface area contributed by atoms with Crippen molar-refractivity contribution in [3.63, 3.8) is 0 Å². The van der Waals surface area contributed by atoms with Crippen molar-refractivity contribution in [2.75, 3.05) is 13.1 Å². The minimum absolute atomic E-state index is 0.164. The monoisotopic (exact) mass is 334 g/mol. The molecule has 25 heavy (non-hydrogen) atoms. The number of likely N-dealkylation sites (tertiary alicyclic amines) is 1. The SMILES string of the molecule is C=Cc1ccc(CN2CCCC(n3c(=O)oc4ccccc43)C2)cc1. The van der Waals surface area contributed by atoms with Crippen LogP contribution in [0.4, 0.5) is 0 Å². The minimum Gasteiger partial charge on any atom is -0.408 e. The van der Waals surface area contributed by atoms with E-state index in [0.717, 1.165) is 43.6 Å². The largest absolute Gasteiger partial charge is 0.420 e. The van der Waals surface area contributed by atoms with Crippen LogP contribution in [0.3, 0.4) is 0 Å². The fourth-order valence-electron chi connectivity index (χ4n) is 3.73. The molecule has 1 atom stereocenters. The number of para-hydroxylation sites is 2. The number of nitrogens with zero attached hydrogens (tertiary/aromatic N) is 2. The number of fused-ring (bicyclic) bond motifs is 1. The van der Waals surface area contributed by atoms with Crippen LogP contribution >= 0.6 is 0 Å². The Labute approximate surface area is 147 Å². The molecular weight excluding hydrogens is 312 g/mol. The highest BCUT2D eigenvalue weighted by atomic mass is 16.4. The Morgan fingerprint density at radius 1 is 1.16 bits per heavy atom. The van der Waals surface area contributed by atoms with Crippen LogP contribution in [0.25, 0.3) is 17.2 Å². The summed E-state index contributed by atoms with van der Waals surface area (Å²) in [5.41, 5.74) is 3.99. The Hall–Kier alpha value is -2.59. The summed E-state index contributed by atoms with van der Waals surface area (Å²) >= 11 is 0. The summed E-state index contributed by atoms with van der Waals surface area (Å²) in [5, 5.41) is 0. The van der Waals surface area contributed by atoms with E-state index < -0.39 is 0 Å². The zero-order valence-corrected chi connectivity index (χ0v) is 14.2. The first-order chi connectivity index (χ1) is 12.2. The number of hydrogen-bond donors (Lipinski definition) is 0. The fraction of sp³-hybridized carbons (Fsp3) is 0.286. The van der Waals surface area contributed by atoms with Gasteiger partial charge in [0, 0.05) is 13.1 Å². The van der Waals surface area contributed by atoms with E-state index in [1.54, 1.807) is 0 Å². The van der Waals surface area contributed by atoms with Gasteiger partial charge in [-0.05, 0) is 42.6 Å². The summed E-state index contributed by atoms with van der Waals surface area (Å²) in [6, 6.07) is 16.3. The third-order valence-corrected chi connectivity index (χ3v) is 4.99. The molecule has 1 aliphatic rings. The van der Waals surface area contributed by atoms with E-state index >= 15 is 0 Å². The number of rotatable bonds is 4. The number of oxazole rings is 1. The van der Waals surface area contributed by atoms with E-state index in [9.17, 15) is 4.79 Å². The van der Waals surface area contributed by atoms with Crippen molar-refractivity contribution in [3.8, 4) is 0 Å². The molecule has 0 N–H and O–H groups in total. The molecule has 1 unspecified atom stereocenters. The standard InChI is InChI=1S/C21H22N2O2/c1-2-16-9-11-17(12-10-16)14-22-13-5-6-18(15-22)23-19-7-3-4-8-20(19)25-21(23)24/h2-4,7-12,18H,1,5-6,13-15H2. The van der Waals surface area contributed by atoms with Gasteiger partial charge in [-0.3, -0.25) is 9.47 Å². The molecule has 1 saturated heterocycles. The van der Waals surface area contributed by atoms with E-state index in [2.05, 4.69) is 35.7 Å². The first-order valence-corrected chi connectivity index (χ1v) is 8.78. The fourth-order valence-corrected chi connectivity index (χ4v) is 3.73. The molecule has 1 fully saturated rings. The first kappa shape index (κ1) is 15.9. The molecule has 1 aromatic heterocycles. The summed E-state index contributed by atoms with van der Waals surface area (Å²) in [6.45, 7) is 6.62. The van der Waals surface area contributed by atoms with Crippen LogP contribution in [-0.2, 0) is 6.54 Å². The van der Waals surface area contributed by atoms with Gasteiger partial charge in [0.15, 0.2) is 5.58 Å². The van der Waals surface area contributed by atoms with Crippen molar-refractivity contribution >= 4 is 17.2 Å². The van der Waals surface area contributed by atoms with Crippen LogP contribution in [0.2, 0.25) is 0 Å². The second-order valence-corrected chi connectivity index (χ2v) is 6.68. The van der Waals surface area contributed by atoms with Gasteiger partial charge in [0.25, 0.3) is 0 Å². The van der Waals surface area contributed by atoms with E-state index in [0.29, 0.717) is 5.58 Å². The lowest BCUT2D eigenvalue weighted by Gasteiger charge is -2.33. The van der Waals surface area contributed by atoms with E-state index in [1.807, 2.05) is 34.9 Å². The molecule has 0 saturated carbocycles. The average Bonchev–Trinajstić information content (AvgIpc) is 2.98. The van der Waals surface area contributed by atoms with Crippen molar-refractivity contribution < 1.29 is 4.42 Å². The van der Waals surface area contributed by atoms with Gasteiger partial charge in [-0.2, -0.15) is 0 Å². The summed E-state index contributed by atoms with van der Waals surface area (Å²) in [5.74, 6) is -0.247. The van der Waals surface area contributed by atoms with E-state index in [-0.39, 0.29) is 11.8 Å². The normalized spacial score (nSPS) is 18.5. The molecule has 0 amide bonds. The van der Waals surface area contributed by atoms with Crippen molar-refractivity contribution in [2.24, 2.45) is 0 Å². The molecule has 0 spiro atoms. The van der Waals surface area contributed by atoms with Crippen LogP contribution in [0.5, 0.6) is 0 Å². The Morgan fingerprint density at radius 2 is 1.96 bits per heavy atom. The second-order valence-electron chi connectivity index (χ2n) is 6.68. The lowest BCUT2D eigenvalue weighted by Crippen LogP contribution is -2.38. The zero-order chi connectivity index (χ0) is 17.2. The Balaban J connectivity index is 1.55. The molecule has 4 rings (SSSR count). The molecule has 128 valence electrons. The molecule has 0 radical (unpaired) electrons. The zero-order valence-electron chi connectivity index (χ0n) is 14.2. The van der Waals surface area contributed by atoms with E-state index in [4.69, 9.17) is 4.42 Å². The van der Waals surface area contributed by atoms with Gasteiger partial charge >= 0.3 is 5.76 Å². The summed E-state index contributed by atoms with van der Waals surface area (Å²) in [6.07, 6.45) is 3.95.